The number of nitrogens with two attached hydrogens (primary N) is 1. The van der Waals surface area contributed by atoms with E-state index in [-0.39, 0.29) is 5.91 Å². The van der Waals surface area contributed by atoms with Crippen LogP contribution >= 0.6 is 0 Å². The topological polar surface area (TPSA) is 80.9 Å². The molecule has 1 aromatic heterocycles. The van der Waals surface area contributed by atoms with Crippen molar-refractivity contribution in [2.24, 2.45) is 5.73 Å². The molecule has 0 saturated carbocycles. The fourth-order valence-corrected chi connectivity index (χ4v) is 1.54. The highest BCUT2D eigenvalue weighted by Crippen LogP contribution is 2.12. The molecule has 18 heavy (non-hydrogen) atoms. The van der Waals surface area contributed by atoms with Crippen LogP contribution in [0.15, 0.2) is 30.6 Å². The van der Waals surface area contributed by atoms with Crippen molar-refractivity contribution in [3.8, 4) is 0 Å². The van der Waals surface area contributed by atoms with Crippen LogP contribution in [0.3, 0.4) is 0 Å². The van der Waals surface area contributed by atoms with Crippen LogP contribution in [0.1, 0.15) is 24.2 Å². The summed E-state index contributed by atoms with van der Waals surface area (Å²) in [6.45, 7) is 4.14. The molecule has 0 saturated heterocycles. The minimum atomic E-state index is -0.422. The fourth-order valence-electron chi connectivity index (χ4n) is 1.54. The smallest absolute Gasteiger partial charge is 0.251 e. The number of rotatable bonds is 3. The van der Waals surface area contributed by atoms with Crippen molar-refractivity contribution in [3.63, 3.8) is 0 Å². The number of nitrogens with one attached hydrogen (secondary N) is 1. The van der Waals surface area contributed by atoms with Crippen LogP contribution in [0.4, 0.5) is 0 Å². The first-order valence-electron chi connectivity index (χ1n) is 5.75. The third-order valence-electron chi connectivity index (χ3n) is 2.69. The molecule has 2 rings (SSSR count). The molecule has 1 amide bonds. The van der Waals surface area contributed by atoms with Crippen molar-refractivity contribution < 1.29 is 4.79 Å². The van der Waals surface area contributed by atoms with Gasteiger partial charge in [0.15, 0.2) is 0 Å². The van der Waals surface area contributed by atoms with Gasteiger partial charge in [-0.2, -0.15) is 0 Å². The van der Waals surface area contributed by atoms with E-state index in [1.807, 2.05) is 13.8 Å². The maximum absolute atomic E-state index is 12.0. The van der Waals surface area contributed by atoms with Gasteiger partial charge in [-0.15, -0.1) is 0 Å². The third-order valence-corrected chi connectivity index (χ3v) is 2.69. The highest BCUT2D eigenvalue weighted by Gasteiger charge is 2.19. The Morgan fingerprint density at radius 1 is 1.28 bits per heavy atom. The SMILES string of the molecule is CC(C)(CN)NC(=O)c1ccc2nccnc2c1. The molecule has 0 aliphatic rings. The van der Waals surface area contributed by atoms with Crippen LogP contribution in [0.5, 0.6) is 0 Å². The van der Waals surface area contributed by atoms with Gasteiger partial charge in [0.1, 0.15) is 0 Å². The molecule has 5 nitrogen and oxygen atoms in total. The molecule has 0 atom stereocenters. The first-order chi connectivity index (χ1) is 8.52. The predicted octanol–water partition coefficient (Wildman–Crippen LogP) is 1.10. The zero-order valence-electron chi connectivity index (χ0n) is 10.5. The lowest BCUT2D eigenvalue weighted by Gasteiger charge is -2.24. The summed E-state index contributed by atoms with van der Waals surface area (Å²) in [5.74, 6) is -0.155. The summed E-state index contributed by atoms with van der Waals surface area (Å²) in [6, 6.07) is 5.25. The summed E-state index contributed by atoms with van der Waals surface area (Å²) >= 11 is 0. The number of hydrogen-bond donors (Lipinski definition) is 2. The van der Waals surface area contributed by atoms with Crippen molar-refractivity contribution in [1.82, 2.24) is 15.3 Å². The highest BCUT2D eigenvalue weighted by molar-refractivity contribution is 5.97. The zero-order chi connectivity index (χ0) is 13.2. The maximum Gasteiger partial charge on any atom is 0.251 e. The average Bonchev–Trinajstić information content (AvgIpc) is 2.37. The summed E-state index contributed by atoms with van der Waals surface area (Å²) < 4.78 is 0. The van der Waals surface area contributed by atoms with Gasteiger partial charge in [0.2, 0.25) is 0 Å². The van der Waals surface area contributed by atoms with E-state index in [9.17, 15) is 4.79 Å². The zero-order valence-corrected chi connectivity index (χ0v) is 10.5. The Morgan fingerprint density at radius 3 is 2.61 bits per heavy atom. The van der Waals surface area contributed by atoms with Crippen LogP contribution in [-0.4, -0.2) is 28.0 Å². The Labute approximate surface area is 105 Å². The second-order valence-corrected chi connectivity index (χ2v) is 4.80. The van der Waals surface area contributed by atoms with Crippen LogP contribution in [-0.2, 0) is 0 Å². The van der Waals surface area contributed by atoms with Crippen LogP contribution in [0.2, 0.25) is 0 Å². The predicted molar refractivity (Wildman–Crippen MR) is 70.1 cm³/mol. The van der Waals surface area contributed by atoms with E-state index >= 15 is 0 Å². The monoisotopic (exact) mass is 244 g/mol. The molecule has 0 fully saturated rings. The van der Waals surface area contributed by atoms with E-state index in [1.54, 1.807) is 30.6 Å². The lowest BCUT2D eigenvalue weighted by molar-refractivity contribution is 0.0916. The van der Waals surface area contributed by atoms with Gasteiger partial charge >= 0.3 is 0 Å². The van der Waals surface area contributed by atoms with Gasteiger partial charge in [-0.3, -0.25) is 14.8 Å². The lowest BCUT2D eigenvalue weighted by Crippen LogP contribution is -2.48. The quantitative estimate of drug-likeness (QED) is 0.847. The number of aromatic nitrogens is 2. The molecule has 0 radical (unpaired) electrons. The molecule has 1 aromatic carbocycles. The molecular weight excluding hydrogens is 228 g/mol. The first kappa shape index (κ1) is 12.4. The number of benzene rings is 1. The molecule has 0 aliphatic carbocycles. The summed E-state index contributed by atoms with van der Waals surface area (Å²) in [5.41, 5.74) is 7.20. The standard InChI is InChI=1S/C13H16N4O/c1-13(2,8-14)17-12(18)9-3-4-10-11(7-9)16-6-5-15-10/h3-7H,8,14H2,1-2H3,(H,17,18). The molecule has 0 bridgehead atoms. The van der Waals surface area contributed by atoms with E-state index in [4.69, 9.17) is 5.73 Å². The Hall–Kier alpha value is -2.01. The van der Waals surface area contributed by atoms with E-state index in [1.165, 1.54) is 0 Å². The van der Waals surface area contributed by atoms with Crippen molar-refractivity contribution in [3.05, 3.63) is 36.2 Å². The summed E-state index contributed by atoms with van der Waals surface area (Å²) in [5, 5.41) is 2.87. The molecule has 0 aliphatic heterocycles. The van der Waals surface area contributed by atoms with Gasteiger partial charge in [-0.1, -0.05) is 0 Å². The molecule has 0 spiro atoms. The Bertz CT molecular complexity index is 580. The van der Waals surface area contributed by atoms with E-state index in [0.29, 0.717) is 17.6 Å². The number of hydrogen-bond acceptors (Lipinski definition) is 4. The number of carbonyl (C=O) groups is 1. The number of fused-ring (bicyclic) bond motifs is 1. The largest absolute Gasteiger partial charge is 0.346 e. The minimum Gasteiger partial charge on any atom is -0.346 e. The van der Waals surface area contributed by atoms with Crippen molar-refractivity contribution in [2.75, 3.05) is 6.54 Å². The average molecular weight is 244 g/mol. The Morgan fingerprint density at radius 2 is 1.94 bits per heavy atom. The molecule has 1 heterocycles. The molecule has 2 aromatic rings. The summed E-state index contributed by atoms with van der Waals surface area (Å²) in [7, 11) is 0. The summed E-state index contributed by atoms with van der Waals surface area (Å²) in [6.07, 6.45) is 3.23. The second kappa shape index (κ2) is 4.70. The van der Waals surface area contributed by atoms with Gasteiger partial charge < -0.3 is 11.1 Å². The van der Waals surface area contributed by atoms with E-state index in [0.717, 1.165) is 5.52 Å². The Kier molecular flexibility index (Phi) is 3.25. The lowest BCUT2D eigenvalue weighted by atomic mass is 10.0. The first-order valence-corrected chi connectivity index (χ1v) is 5.75. The molecule has 5 heteroatoms. The van der Waals surface area contributed by atoms with Crippen LogP contribution in [0, 0.1) is 0 Å². The van der Waals surface area contributed by atoms with Crippen molar-refractivity contribution >= 4 is 16.9 Å². The van der Waals surface area contributed by atoms with Crippen LogP contribution in [0.25, 0.3) is 11.0 Å². The molecule has 3 N–H and O–H groups in total. The van der Waals surface area contributed by atoms with Crippen molar-refractivity contribution in [1.29, 1.82) is 0 Å². The van der Waals surface area contributed by atoms with Gasteiger partial charge in [-0.05, 0) is 32.0 Å². The Balaban J connectivity index is 2.28. The van der Waals surface area contributed by atoms with Gasteiger partial charge in [-0.25, -0.2) is 0 Å². The van der Waals surface area contributed by atoms with E-state index in [2.05, 4.69) is 15.3 Å². The minimum absolute atomic E-state index is 0.155. The molecule has 94 valence electrons. The highest BCUT2D eigenvalue weighted by atomic mass is 16.1. The van der Waals surface area contributed by atoms with Gasteiger partial charge in [0, 0.05) is 30.0 Å². The number of amides is 1. The van der Waals surface area contributed by atoms with Crippen LogP contribution < -0.4 is 11.1 Å². The third kappa shape index (κ3) is 2.62. The number of nitrogens with zero attached hydrogens (tertiary/aromatic N) is 2. The van der Waals surface area contributed by atoms with Gasteiger partial charge in [0.25, 0.3) is 5.91 Å². The van der Waals surface area contributed by atoms with E-state index < -0.39 is 5.54 Å². The van der Waals surface area contributed by atoms with Gasteiger partial charge in [0.05, 0.1) is 11.0 Å². The normalized spacial score (nSPS) is 11.5. The number of carbonyl (C=O) groups excluding carboxylic acids is 1. The summed E-state index contributed by atoms with van der Waals surface area (Å²) in [4.78, 5) is 20.4. The fraction of sp³-hybridized carbons (Fsp3) is 0.308. The molecular formula is C13H16N4O. The van der Waals surface area contributed by atoms with Crippen molar-refractivity contribution in [2.45, 2.75) is 19.4 Å². The second-order valence-electron chi connectivity index (χ2n) is 4.80. The molecule has 0 unspecified atom stereocenters. The maximum atomic E-state index is 12.0.